The quantitative estimate of drug-likeness (QED) is 0.587. The summed E-state index contributed by atoms with van der Waals surface area (Å²) in [4.78, 5) is 10.8. The predicted molar refractivity (Wildman–Crippen MR) is 42.9 cm³/mol. The molecule has 0 aliphatic carbocycles. The standard InChI is InChI=1S/C8H13NO2/c1-4-7(3)9-8(10)6-11-5-2/h1,7H,5-6H2,2-3H3,(H,9,10). The van der Waals surface area contributed by atoms with E-state index in [0.717, 1.165) is 0 Å². The van der Waals surface area contributed by atoms with E-state index in [0.29, 0.717) is 6.61 Å². The van der Waals surface area contributed by atoms with Gasteiger partial charge in [0.2, 0.25) is 5.91 Å². The van der Waals surface area contributed by atoms with Crippen LogP contribution in [-0.4, -0.2) is 25.2 Å². The Hall–Kier alpha value is -1.01. The maximum atomic E-state index is 10.8. The highest BCUT2D eigenvalue weighted by Gasteiger charge is 2.02. The Bertz CT molecular complexity index is 160. The number of hydrogen-bond donors (Lipinski definition) is 1. The zero-order valence-electron chi connectivity index (χ0n) is 6.89. The van der Waals surface area contributed by atoms with Crippen molar-refractivity contribution in [1.29, 1.82) is 0 Å². The lowest BCUT2D eigenvalue weighted by atomic mass is 10.3. The van der Waals surface area contributed by atoms with E-state index in [4.69, 9.17) is 11.2 Å². The van der Waals surface area contributed by atoms with Crippen LogP contribution in [0, 0.1) is 12.3 Å². The molecule has 1 unspecified atom stereocenters. The molecule has 0 radical (unpaired) electrons. The topological polar surface area (TPSA) is 38.3 Å². The number of hydrogen-bond acceptors (Lipinski definition) is 2. The molecule has 0 aliphatic heterocycles. The van der Waals surface area contributed by atoms with Crippen molar-refractivity contribution in [3.05, 3.63) is 0 Å². The summed E-state index contributed by atoms with van der Waals surface area (Å²) in [7, 11) is 0. The van der Waals surface area contributed by atoms with Gasteiger partial charge in [0, 0.05) is 6.61 Å². The molecule has 0 heterocycles. The van der Waals surface area contributed by atoms with Crippen molar-refractivity contribution < 1.29 is 9.53 Å². The van der Waals surface area contributed by atoms with E-state index in [-0.39, 0.29) is 18.6 Å². The van der Waals surface area contributed by atoms with Crippen LogP contribution in [0.1, 0.15) is 13.8 Å². The van der Waals surface area contributed by atoms with Gasteiger partial charge < -0.3 is 10.1 Å². The molecule has 1 atom stereocenters. The monoisotopic (exact) mass is 155 g/mol. The molecule has 0 rings (SSSR count). The first-order valence-electron chi connectivity index (χ1n) is 3.54. The highest BCUT2D eigenvalue weighted by molar-refractivity contribution is 5.77. The van der Waals surface area contributed by atoms with E-state index < -0.39 is 0 Å². The molecule has 0 aliphatic rings. The molecule has 3 heteroatoms. The van der Waals surface area contributed by atoms with Gasteiger partial charge in [0.25, 0.3) is 0 Å². The Balaban J connectivity index is 3.46. The summed E-state index contributed by atoms with van der Waals surface area (Å²) in [6.45, 7) is 4.20. The first-order valence-corrected chi connectivity index (χ1v) is 3.54. The van der Waals surface area contributed by atoms with Crippen molar-refractivity contribution in [2.45, 2.75) is 19.9 Å². The highest BCUT2D eigenvalue weighted by Crippen LogP contribution is 1.78. The fraction of sp³-hybridized carbons (Fsp3) is 0.625. The number of nitrogens with one attached hydrogen (secondary N) is 1. The first kappa shape index (κ1) is 9.99. The normalized spacial score (nSPS) is 11.7. The fourth-order valence-electron chi connectivity index (χ4n) is 0.520. The second-order valence-corrected chi connectivity index (χ2v) is 2.09. The van der Waals surface area contributed by atoms with Crippen molar-refractivity contribution in [3.63, 3.8) is 0 Å². The molecule has 0 aromatic rings. The van der Waals surface area contributed by atoms with Gasteiger partial charge in [-0.3, -0.25) is 4.79 Å². The Morgan fingerprint density at radius 3 is 2.91 bits per heavy atom. The smallest absolute Gasteiger partial charge is 0.246 e. The summed E-state index contributed by atoms with van der Waals surface area (Å²) in [5, 5.41) is 2.56. The van der Waals surface area contributed by atoms with Crippen LogP contribution in [0.5, 0.6) is 0 Å². The van der Waals surface area contributed by atoms with Gasteiger partial charge in [-0.1, -0.05) is 5.92 Å². The molecule has 0 aromatic carbocycles. The third-order valence-electron chi connectivity index (χ3n) is 1.06. The Labute approximate surface area is 67.1 Å². The lowest BCUT2D eigenvalue weighted by molar-refractivity contribution is -0.125. The molecule has 0 saturated carbocycles. The number of terminal acetylenes is 1. The average Bonchev–Trinajstić information content (AvgIpc) is 2.00. The van der Waals surface area contributed by atoms with E-state index in [1.54, 1.807) is 6.92 Å². The molecular weight excluding hydrogens is 142 g/mol. The molecule has 3 nitrogen and oxygen atoms in total. The van der Waals surface area contributed by atoms with Crippen LogP contribution in [-0.2, 0) is 9.53 Å². The summed E-state index contributed by atoms with van der Waals surface area (Å²) < 4.78 is 4.86. The Morgan fingerprint density at radius 1 is 1.82 bits per heavy atom. The largest absolute Gasteiger partial charge is 0.372 e. The van der Waals surface area contributed by atoms with Gasteiger partial charge in [-0.25, -0.2) is 0 Å². The van der Waals surface area contributed by atoms with E-state index in [1.165, 1.54) is 0 Å². The van der Waals surface area contributed by atoms with E-state index in [2.05, 4.69) is 11.2 Å². The van der Waals surface area contributed by atoms with Gasteiger partial charge in [-0.05, 0) is 13.8 Å². The third kappa shape index (κ3) is 5.43. The summed E-state index contributed by atoms with van der Waals surface area (Å²) in [5.41, 5.74) is 0. The Morgan fingerprint density at radius 2 is 2.45 bits per heavy atom. The van der Waals surface area contributed by atoms with Crippen LogP contribution >= 0.6 is 0 Å². The maximum Gasteiger partial charge on any atom is 0.246 e. The summed E-state index contributed by atoms with van der Waals surface area (Å²) >= 11 is 0. The van der Waals surface area contributed by atoms with Crippen molar-refractivity contribution in [1.82, 2.24) is 5.32 Å². The van der Waals surface area contributed by atoms with Gasteiger partial charge in [-0.15, -0.1) is 6.42 Å². The van der Waals surface area contributed by atoms with Crippen LogP contribution in [0.25, 0.3) is 0 Å². The number of ether oxygens (including phenoxy) is 1. The number of carbonyl (C=O) groups is 1. The lowest BCUT2D eigenvalue weighted by Crippen LogP contribution is -2.34. The van der Waals surface area contributed by atoms with E-state index in [9.17, 15) is 4.79 Å². The second-order valence-electron chi connectivity index (χ2n) is 2.09. The first-order chi connectivity index (χ1) is 5.20. The lowest BCUT2D eigenvalue weighted by Gasteiger charge is -2.06. The van der Waals surface area contributed by atoms with Crippen LogP contribution in [0.4, 0.5) is 0 Å². The van der Waals surface area contributed by atoms with Crippen molar-refractivity contribution >= 4 is 5.91 Å². The highest BCUT2D eigenvalue weighted by atomic mass is 16.5. The molecule has 1 N–H and O–H groups in total. The van der Waals surface area contributed by atoms with Crippen molar-refractivity contribution in [3.8, 4) is 12.3 Å². The summed E-state index contributed by atoms with van der Waals surface area (Å²) in [5.74, 6) is 2.22. The molecule has 0 fully saturated rings. The molecule has 11 heavy (non-hydrogen) atoms. The third-order valence-corrected chi connectivity index (χ3v) is 1.06. The average molecular weight is 155 g/mol. The molecule has 0 spiro atoms. The minimum absolute atomic E-state index is 0.0858. The molecular formula is C8H13NO2. The zero-order chi connectivity index (χ0) is 8.69. The number of carbonyl (C=O) groups excluding carboxylic acids is 1. The molecule has 0 bridgehead atoms. The van der Waals surface area contributed by atoms with E-state index in [1.807, 2.05) is 6.92 Å². The summed E-state index contributed by atoms with van der Waals surface area (Å²) in [6.07, 6.45) is 5.04. The molecule has 0 aromatic heterocycles. The minimum atomic E-state index is -0.219. The predicted octanol–water partition coefficient (Wildman–Crippen LogP) is 0.161. The summed E-state index contributed by atoms with van der Waals surface area (Å²) in [6, 6.07) is -0.219. The molecule has 62 valence electrons. The van der Waals surface area contributed by atoms with Crippen LogP contribution in [0.2, 0.25) is 0 Å². The number of amides is 1. The van der Waals surface area contributed by atoms with Crippen LogP contribution < -0.4 is 5.32 Å². The fourth-order valence-corrected chi connectivity index (χ4v) is 0.520. The number of rotatable bonds is 4. The van der Waals surface area contributed by atoms with Gasteiger partial charge in [0.1, 0.15) is 6.61 Å². The maximum absolute atomic E-state index is 10.8. The van der Waals surface area contributed by atoms with Gasteiger partial charge in [0.05, 0.1) is 6.04 Å². The van der Waals surface area contributed by atoms with Crippen molar-refractivity contribution in [2.24, 2.45) is 0 Å². The van der Waals surface area contributed by atoms with Gasteiger partial charge in [0.15, 0.2) is 0 Å². The van der Waals surface area contributed by atoms with Gasteiger partial charge in [-0.2, -0.15) is 0 Å². The SMILES string of the molecule is C#CC(C)NC(=O)COCC. The molecule has 0 saturated heterocycles. The zero-order valence-corrected chi connectivity index (χ0v) is 6.89. The van der Waals surface area contributed by atoms with Crippen molar-refractivity contribution in [2.75, 3.05) is 13.2 Å². The van der Waals surface area contributed by atoms with E-state index >= 15 is 0 Å². The molecule has 1 amide bonds. The Kier molecular flexibility index (Phi) is 5.22. The minimum Gasteiger partial charge on any atom is -0.372 e. The van der Waals surface area contributed by atoms with Gasteiger partial charge >= 0.3 is 0 Å². The van der Waals surface area contributed by atoms with Crippen LogP contribution in [0.3, 0.4) is 0 Å². The second kappa shape index (κ2) is 5.75. The van der Waals surface area contributed by atoms with Crippen LogP contribution in [0.15, 0.2) is 0 Å².